The highest BCUT2D eigenvalue weighted by Gasteiger charge is 2.16. The number of anilines is 1. The number of nitrogens with two attached hydrogens (primary N) is 1. The second-order valence-corrected chi connectivity index (χ2v) is 5.44. The third kappa shape index (κ3) is 2.74. The highest BCUT2D eigenvalue weighted by atomic mass is 79.9. The van der Waals surface area contributed by atoms with Crippen LogP contribution in [0.25, 0.3) is 11.2 Å². The van der Waals surface area contributed by atoms with Gasteiger partial charge in [0.1, 0.15) is 0 Å². The van der Waals surface area contributed by atoms with Gasteiger partial charge in [-0.15, -0.1) is 0 Å². The first kappa shape index (κ1) is 14.7. The van der Waals surface area contributed by atoms with Crippen molar-refractivity contribution in [3.63, 3.8) is 0 Å². The van der Waals surface area contributed by atoms with Crippen LogP contribution in [0.4, 0.5) is 5.82 Å². The lowest BCUT2D eigenvalue weighted by atomic mass is 10.3. The van der Waals surface area contributed by atoms with E-state index in [2.05, 4.69) is 35.9 Å². The number of rotatable bonds is 4. The number of halogens is 1. The van der Waals surface area contributed by atoms with Crippen LogP contribution in [0.5, 0.6) is 6.01 Å². The quantitative estimate of drug-likeness (QED) is 0.716. The molecular weight excluding hydrogens is 348 g/mol. The number of aryl methyl sites for hydroxylation is 1. The van der Waals surface area contributed by atoms with Crippen molar-refractivity contribution in [2.24, 2.45) is 0 Å². The standard InChI is InChI=1S/C14H15BrN6O/c1-3-22-14-19-11(16)10-12(20-14)21(13(15)18-10)7-9-6-4-5-8(2)17-9/h4-6H,3,7H2,1-2H3,(H2,16,19,20). The van der Waals surface area contributed by atoms with Crippen LogP contribution in [-0.2, 0) is 6.54 Å². The van der Waals surface area contributed by atoms with Crippen molar-refractivity contribution < 1.29 is 4.74 Å². The molecule has 2 N–H and O–H groups in total. The fourth-order valence-electron chi connectivity index (χ4n) is 2.16. The molecule has 22 heavy (non-hydrogen) atoms. The summed E-state index contributed by atoms with van der Waals surface area (Å²) in [5, 5.41) is 0. The molecule has 0 amide bonds. The van der Waals surface area contributed by atoms with Crippen molar-refractivity contribution in [3.8, 4) is 6.01 Å². The van der Waals surface area contributed by atoms with Crippen LogP contribution in [0.2, 0.25) is 0 Å². The molecule has 0 saturated heterocycles. The van der Waals surface area contributed by atoms with Crippen molar-refractivity contribution in [1.29, 1.82) is 0 Å². The van der Waals surface area contributed by atoms with Crippen LogP contribution in [0, 0.1) is 6.92 Å². The Bertz CT molecular complexity index is 832. The number of ether oxygens (including phenoxy) is 1. The lowest BCUT2D eigenvalue weighted by Crippen LogP contribution is -2.06. The van der Waals surface area contributed by atoms with E-state index in [-0.39, 0.29) is 6.01 Å². The van der Waals surface area contributed by atoms with E-state index >= 15 is 0 Å². The summed E-state index contributed by atoms with van der Waals surface area (Å²) in [6.07, 6.45) is 0. The zero-order valence-corrected chi connectivity index (χ0v) is 13.8. The Morgan fingerprint density at radius 3 is 2.77 bits per heavy atom. The number of pyridine rings is 1. The maximum Gasteiger partial charge on any atom is 0.320 e. The van der Waals surface area contributed by atoms with Crippen LogP contribution in [0.3, 0.4) is 0 Å². The first-order chi connectivity index (χ1) is 10.6. The van der Waals surface area contributed by atoms with E-state index in [1.165, 1.54) is 0 Å². The fourth-order valence-corrected chi connectivity index (χ4v) is 2.63. The third-order valence-electron chi connectivity index (χ3n) is 3.09. The zero-order valence-electron chi connectivity index (χ0n) is 12.2. The average molecular weight is 363 g/mol. The van der Waals surface area contributed by atoms with Crippen molar-refractivity contribution in [1.82, 2.24) is 24.5 Å². The second-order valence-electron chi connectivity index (χ2n) is 4.73. The Morgan fingerprint density at radius 2 is 2.05 bits per heavy atom. The van der Waals surface area contributed by atoms with Crippen molar-refractivity contribution >= 4 is 32.9 Å². The monoisotopic (exact) mass is 362 g/mol. The molecule has 7 nitrogen and oxygen atoms in total. The Labute approximate surface area is 135 Å². The molecule has 0 aromatic carbocycles. The topological polar surface area (TPSA) is 91.7 Å². The molecule has 0 saturated carbocycles. The number of imidazole rings is 1. The molecule has 3 heterocycles. The second kappa shape index (κ2) is 5.88. The minimum atomic E-state index is 0.248. The number of nitrogen functional groups attached to an aromatic ring is 1. The van der Waals surface area contributed by atoms with Crippen molar-refractivity contribution in [2.75, 3.05) is 12.3 Å². The van der Waals surface area contributed by atoms with Gasteiger partial charge in [-0.1, -0.05) is 6.07 Å². The highest BCUT2D eigenvalue weighted by Crippen LogP contribution is 2.25. The Morgan fingerprint density at radius 1 is 1.23 bits per heavy atom. The molecule has 3 aromatic rings. The van der Waals surface area contributed by atoms with Crippen LogP contribution < -0.4 is 10.5 Å². The SMILES string of the molecule is CCOc1nc(N)c2nc(Br)n(Cc3cccc(C)n3)c2n1. The van der Waals surface area contributed by atoms with E-state index in [1.807, 2.05) is 36.6 Å². The molecule has 3 rings (SSSR count). The number of hydrogen-bond acceptors (Lipinski definition) is 6. The summed E-state index contributed by atoms with van der Waals surface area (Å²) in [6, 6.07) is 6.13. The minimum absolute atomic E-state index is 0.248. The lowest BCUT2D eigenvalue weighted by Gasteiger charge is -2.07. The van der Waals surface area contributed by atoms with Crippen molar-refractivity contribution in [3.05, 3.63) is 34.3 Å². The minimum Gasteiger partial charge on any atom is -0.464 e. The van der Waals surface area contributed by atoms with Gasteiger partial charge in [0.15, 0.2) is 21.7 Å². The van der Waals surface area contributed by atoms with Gasteiger partial charge in [-0.05, 0) is 41.9 Å². The van der Waals surface area contributed by atoms with E-state index in [9.17, 15) is 0 Å². The van der Waals surface area contributed by atoms with Crippen LogP contribution in [-0.4, -0.2) is 31.1 Å². The largest absolute Gasteiger partial charge is 0.464 e. The molecule has 0 bridgehead atoms. The van der Waals surface area contributed by atoms with E-state index in [1.54, 1.807) is 0 Å². The van der Waals surface area contributed by atoms with Gasteiger partial charge >= 0.3 is 6.01 Å². The number of fused-ring (bicyclic) bond motifs is 1. The maximum atomic E-state index is 5.94. The van der Waals surface area contributed by atoms with E-state index in [0.717, 1.165) is 11.4 Å². The number of hydrogen-bond donors (Lipinski definition) is 1. The molecule has 0 aliphatic heterocycles. The Balaban J connectivity index is 2.10. The Hall–Kier alpha value is -2.22. The molecule has 0 spiro atoms. The normalized spacial score (nSPS) is 11.0. The summed E-state index contributed by atoms with van der Waals surface area (Å²) >= 11 is 3.44. The molecule has 3 aromatic heterocycles. The fraction of sp³-hybridized carbons (Fsp3) is 0.286. The van der Waals surface area contributed by atoms with Gasteiger partial charge in [-0.3, -0.25) is 9.55 Å². The molecule has 0 atom stereocenters. The van der Waals surface area contributed by atoms with E-state index < -0.39 is 0 Å². The van der Waals surface area contributed by atoms with Gasteiger partial charge in [0, 0.05) is 5.69 Å². The molecule has 8 heteroatoms. The van der Waals surface area contributed by atoms with E-state index in [0.29, 0.717) is 34.9 Å². The molecule has 0 aliphatic carbocycles. The van der Waals surface area contributed by atoms with Gasteiger partial charge in [-0.2, -0.15) is 9.97 Å². The summed E-state index contributed by atoms with van der Waals surface area (Å²) in [4.78, 5) is 17.4. The lowest BCUT2D eigenvalue weighted by molar-refractivity contribution is 0.314. The first-order valence-electron chi connectivity index (χ1n) is 6.83. The zero-order chi connectivity index (χ0) is 15.7. The molecule has 0 fully saturated rings. The molecule has 114 valence electrons. The smallest absolute Gasteiger partial charge is 0.320 e. The van der Waals surface area contributed by atoms with Gasteiger partial charge in [-0.25, -0.2) is 4.98 Å². The van der Waals surface area contributed by atoms with Gasteiger partial charge < -0.3 is 10.5 Å². The van der Waals surface area contributed by atoms with Crippen LogP contribution in [0.1, 0.15) is 18.3 Å². The molecular formula is C14H15BrN6O. The highest BCUT2D eigenvalue weighted by molar-refractivity contribution is 9.10. The summed E-state index contributed by atoms with van der Waals surface area (Å²) in [5.41, 5.74) is 8.98. The average Bonchev–Trinajstić information content (AvgIpc) is 2.77. The number of nitrogens with zero attached hydrogens (tertiary/aromatic N) is 5. The van der Waals surface area contributed by atoms with Gasteiger partial charge in [0.25, 0.3) is 0 Å². The van der Waals surface area contributed by atoms with E-state index in [4.69, 9.17) is 10.5 Å². The summed E-state index contributed by atoms with van der Waals surface area (Å²) in [7, 11) is 0. The third-order valence-corrected chi connectivity index (χ3v) is 3.70. The van der Waals surface area contributed by atoms with Gasteiger partial charge in [0.2, 0.25) is 0 Å². The summed E-state index contributed by atoms with van der Waals surface area (Å²) < 4.78 is 7.87. The predicted molar refractivity (Wildman–Crippen MR) is 86.7 cm³/mol. The first-order valence-corrected chi connectivity index (χ1v) is 7.62. The molecule has 0 radical (unpaired) electrons. The maximum absolute atomic E-state index is 5.94. The predicted octanol–water partition coefficient (Wildman–Crippen LogP) is 2.32. The van der Waals surface area contributed by atoms with Crippen molar-refractivity contribution in [2.45, 2.75) is 20.4 Å². The summed E-state index contributed by atoms with van der Waals surface area (Å²) in [5.74, 6) is 0.296. The molecule has 0 unspecified atom stereocenters. The Kier molecular flexibility index (Phi) is 3.93. The van der Waals surface area contributed by atoms with Crippen LogP contribution >= 0.6 is 15.9 Å². The van der Waals surface area contributed by atoms with Gasteiger partial charge in [0.05, 0.1) is 18.8 Å². The van der Waals surface area contributed by atoms with Crippen LogP contribution in [0.15, 0.2) is 22.9 Å². The molecule has 0 aliphatic rings. The summed E-state index contributed by atoms with van der Waals surface area (Å²) in [6.45, 7) is 4.83. The number of aromatic nitrogens is 5.